The molecular formula is C32H37F2N3O2S. The molecule has 212 valence electrons. The molecule has 3 aliphatic rings. The summed E-state index contributed by atoms with van der Waals surface area (Å²) in [6.45, 7) is 6.26. The number of nitrogens with one attached hydrogen (secondary N) is 2. The van der Waals surface area contributed by atoms with Crippen LogP contribution in [0.1, 0.15) is 67.4 Å². The minimum absolute atomic E-state index is 0.138. The van der Waals surface area contributed by atoms with Crippen LogP contribution in [0.5, 0.6) is 0 Å². The van der Waals surface area contributed by atoms with E-state index >= 15 is 0 Å². The molecule has 0 radical (unpaired) electrons. The van der Waals surface area contributed by atoms with Crippen molar-refractivity contribution in [1.82, 2.24) is 15.8 Å². The first-order chi connectivity index (χ1) is 19.2. The van der Waals surface area contributed by atoms with Crippen molar-refractivity contribution in [3.63, 3.8) is 0 Å². The van der Waals surface area contributed by atoms with E-state index in [0.717, 1.165) is 44.9 Å². The van der Waals surface area contributed by atoms with Crippen molar-refractivity contribution in [3.8, 4) is 10.4 Å². The van der Waals surface area contributed by atoms with E-state index in [1.165, 1.54) is 38.2 Å². The molecule has 2 heterocycles. The molecule has 2 N–H and O–H groups in total. The van der Waals surface area contributed by atoms with E-state index in [9.17, 15) is 18.5 Å². The Kier molecular flexibility index (Phi) is 8.66. The van der Waals surface area contributed by atoms with Crippen molar-refractivity contribution >= 4 is 23.2 Å². The second-order valence-electron chi connectivity index (χ2n) is 11.9. The molecule has 2 aromatic carbocycles. The summed E-state index contributed by atoms with van der Waals surface area (Å²) in [5.74, 6) is 1.50. The number of benzene rings is 2. The highest BCUT2D eigenvalue weighted by Crippen LogP contribution is 2.47. The summed E-state index contributed by atoms with van der Waals surface area (Å²) in [5.41, 5.74) is 4.61. The molecule has 0 spiro atoms. The summed E-state index contributed by atoms with van der Waals surface area (Å²) in [5, 5.41) is 5.66. The smallest absolute Gasteiger partial charge is 0.278 e. The van der Waals surface area contributed by atoms with Gasteiger partial charge in [0, 0.05) is 29.1 Å². The Morgan fingerprint density at radius 3 is 2.33 bits per heavy atom. The predicted molar refractivity (Wildman–Crippen MR) is 155 cm³/mol. The molecule has 6 rings (SSSR count). The van der Waals surface area contributed by atoms with Gasteiger partial charge in [0.15, 0.2) is 0 Å². The van der Waals surface area contributed by atoms with E-state index in [2.05, 4.69) is 19.2 Å². The molecule has 2 unspecified atom stereocenters. The van der Waals surface area contributed by atoms with Gasteiger partial charge >= 0.3 is 0 Å². The third kappa shape index (κ3) is 6.61. The Morgan fingerprint density at radius 1 is 0.975 bits per heavy atom. The van der Waals surface area contributed by atoms with Crippen molar-refractivity contribution < 1.29 is 18.5 Å². The van der Waals surface area contributed by atoms with Crippen molar-refractivity contribution in [2.75, 3.05) is 6.54 Å². The van der Waals surface area contributed by atoms with Crippen molar-refractivity contribution in [1.29, 1.82) is 0 Å². The van der Waals surface area contributed by atoms with Gasteiger partial charge in [-0.3, -0.25) is 9.59 Å². The van der Waals surface area contributed by atoms with Crippen LogP contribution in [0.2, 0.25) is 0 Å². The number of carbonyl (C=O) groups is 2. The number of carbonyl (C=O) groups excluding carboxylic acids is 2. The predicted octanol–water partition coefficient (Wildman–Crippen LogP) is 6.89. The zero-order chi connectivity index (χ0) is 28.3. The lowest BCUT2D eigenvalue weighted by atomic mass is 9.61. The molecule has 1 aromatic heterocycles. The highest BCUT2D eigenvalue weighted by atomic mass is 32.1. The summed E-state index contributed by atoms with van der Waals surface area (Å²) in [7, 11) is 0. The Labute approximate surface area is 238 Å². The van der Waals surface area contributed by atoms with E-state index in [-0.39, 0.29) is 17.3 Å². The van der Waals surface area contributed by atoms with Gasteiger partial charge in [-0.25, -0.2) is 4.39 Å². The van der Waals surface area contributed by atoms with E-state index < -0.39 is 5.91 Å². The molecule has 2 amide bonds. The summed E-state index contributed by atoms with van der Waals surface area (Å²) in [6.07, 6.45) is 6.28. The normalized spacial score (nSPS) is 25.0. The van der Waals surface area contributed by atoms with E-state index in [1.807, 2.05) is 22.4 Å². The van der Waals surface area contributed by atoms with Crippen LogP contribution in [0.25, 0.3) is 10.4 Å². The zero-order valence-electron chi connectivity index (χ0n) is 23.1. The second-order valence-corrected chi connectivity index (χ2v) is 12.9. The lowest BCUT2D eigenvalue weighted by Crippen LogP contribution is -2.56. The monoisotopic (exact) mass is 565 g/mol. The van der Waals surface area contributed by atoms with E-state index in [0.29, 0.717) is 25.2 Å². The van der Waals surface area contributed by atoms with Crippen LogP contribution in [0.3, 0.4) is 0 Å². The molecule has 3 aromatic rings. The van der Waals surface area contributed by atoms with Gasteiger partial charge in [0.2, 0.25) is 5.91 Å². The molecule has 1 aliphatic heterocycles. The van der Waals surface area contributed by atoms with Crippen LogP contribution in [-0.4, -0.2) is 28.8 Å². The topological polar surface area (TPSA) is 61.4 Å². The largest absolute Gasteiger partial charge is 0.333 e. The lowest BCUT2D eigenvalue weighted by molar-refractivity contribution is -0.131. The van der Waals surface area contributed by atoms with Crippen LogP contribution in [-0.2, 0) is 17.9 Å². The second kappa shape index (κ2) is 12.2. The molecule has 5 nitrogen and oxygen atoms in total. The Morgan fingerprint density at radius 2 is 1.68 bits per heavy atom. The average Bonchev–Trinajstić information content (AvgIpc) is 3.61. The van der Waals surface area contributed by atoms with Gasteiger partial charge in [0.25, 0.3) is 5.91 Å². The third-order valence-corrected chi connectivity index (χ3v) is 9.44. The standard InChI is InChI=1S/C21H29FN2O.C11H8FNOS/c1-14-5-16-6-15(2)9-21(8-14,10-16)23-11-20(25)24-12-17-3-4-19(22)7-18(17)13-24;12-13-11(14)9-5-3-8(4-6-9)10-2-1-7-15-10/h3-4,7,14-16,23H,5-6,8-13H2,1-2H3;1-7H,(H,13,14). The number of nitrogens with zero attached hydrogens (tertiary/aromatic N) is 1. The first-order valence-corrected chi connectivity index (χ1v) is 15.0. The third-order valence-electron chi connectivity index (χ3n) is 8.53. The number of hydrogen-bond donors (Lipinski definition) is 2. The van der Waals surface area contributed by atoms with Crippen LogP contribution in [0.4, 0.5) is 8.87 Å². The van der Waals surface area contributed by atoms with Crippen LogP contribution < -0.4 is 10.9 Å². The first-order valence-electron chi connectivity index (χ1n) is 14.1. The fourth-order valence-electron chi connectivity index (χ4n) is 7.12. The lowest BCUT2D eigenvalue weighted by Gasteiger charge is -2.50. The van der Waals surface area contributed by atoms with E-state index in [1.54, 1.807) is 47.7 Å². The summed E-state index contributed by atoms with van der Waals surface area (Å²) in [6, 6.07) is 15.6. The molecule has 2 fully saturated rings. The number of hydrogen-bond acceptors (Lipinski definition) is 4. The molecule has 2 atom stereocenters. The van der Waals surface area contributed by atoms with Crippen molar-refractivity contribution in [2.24, 2.45) is 17.8 Å². The molecule has 0 saturated heterocycles. The highest BCUT2D eigenvalue weighted by molar-refractivity contribution is 7.13. The quantitative estimate of drug-likeness (QED) is 0.331. The van der Waals surface area contributed by atoms with Gasteiger partial charge in [-0.05, 0) is 102 Å². The molecule has 2 saturated carbocycles. The molecule has 8 heteroatoms. The summed E-state index contributed by atoms with van der Waals surface area (Å²) < 4.78 is 25.2. The maximum Gasteiger partial charge on any atom is 0.278 e. The van der Waals surface area contributed by atoms with Gasteiger partial charge in [-0.2, -0.15) is 5.54 Å². The molecule has 2 aliphatic carbocycles. The van der Waals surface area contributed by atoms with Gasteiger partial charge in [-0.15, -0.1) is 11.3 Å². The van der Waals surface area contributed by atoms with Crippen molar-refractivity contribution in [2.45, 2.75) is 64.6 Å². The minimum atomic E-state index is -0.715. The number of thiophene rings is 1. The zero-order valence-corrected chi connectivity index (χ0v) is 23.9. The maximum absolute atomic E-state index is 13.4. The Balaban J connectivity index is 0.000000184. The molecular weight excluding hydrogens is 528 g/mol. The summed E-state index contributed by atoms with van der Waals surface area (Å²) >= 11 is 1.62. The Bertz CT molecular complexity index is 1310. The number of halogens is 2. The van der Waals surface area contributed by atoms with Gasteiger partial charge in [0.05, 0.1) is 6.54 Å². The highest BCUT2D eigenvalue weighted by Gasteiger charge is 2.44. The fourth-order valence-corrected chi connectivity index (χ4v) is 7.85. The fraction of sp³-hybridized carbons (Fsp3) is 0.438. The number of rotatable bonds is 5. The number of amides is 2. The number of fused-ring (bicyclic) bond motifs is 3. The minimum Gasteiger partial charge on any atom is -0.333 e. The van der Waals surface area contributed by atoms with Crippen LogP contribution in [0, 0.1) is 23.6 Å². The average molecular weight is 566 g/mol. The summed E-state index contributed by atoms with van der Waals surface area (Å²) in [4.78, 5) is 26.6. The molecule has 2 bridgehead atoms. The van der Waals surface area contributed by atoms with Gasteiger partial charge in [-0.1, -0.05) is 42.6 Å². The molecule has 40 heavy (non-hydrogen) atoms. The maximum atomic E-state index is 13.4. The SMILES string of the molecule is CC1CC2CC(C)CC(NCC(=O)N3Cc4ccc(F)cc4C3)(C1)C2.O=C(NF)c1ccc(-c2cccs2)cc1. The van der Waals surface area contributed by atoms with Gasteiger partial charge < -0.3 is 10.2 Å². The van der Waals surface area contributed by atoms with Crippen molar-refractivity contribution in [3.05, 3.63) is 82.5 Å². The first kappa shape index (κ1) is 28.4. The Hall–Kier alpha value is -3.10. The van der Waals surface area contributed by atoms with E-state index in [4.69, 9.17) is 0 Å². The van der Waals surface area contributed by atoms with Gasteiger partial charge in [0.1, 0.15) is 5.82 Å². The van der Waals surface area contributed by atoms with Crippen LogP contribution in [0.15, 0.2) is 60.0 Å². The van der Waals surface area contributed by atoms with Crippen LogP contribution >= 0.6 is 11.3 Å².